The van der Waals surface area contributed by atoms with Crippen LogP contribution in [0, 0.1) is 5.41 Å². The number of fused-ring (bicyclic) bond motifs is 1. The third-order valence-corrected chi connectivity index (χ3v) is 5.89. The number of hydrogen-bond donors (Lipinski definition) is 2. The van der Waals surface area contributed by atoms with Crippen LogP contribution in [0.1, 0.15) is 56.1 Å². The van der Waals surface area contributed by atoms with E-state index in [1.54, 1.807) is 7.11 Å². The van der Waals surface area contributed by atoms with Gasteiger partial charge in [0.25, 0.3) is 0 Å². The van der Waals surface area contributed by atoms with Crippen molar-refractivity contribution in [3.8, 4) is 0 Å². The molecule has 1 fully saturated rings. The molecular formula is C21H33N3O. The van der Waals surface area contributed by atoms with Crippen molar-refractivity contribution in [3.05, 3.63) is 35.4 Å². The van der Waals surface area contributed by atoms with Crippen molar-refractivity contribution in [2.24, 2.45) is 10.4 Å². The summed E-state index contributed by atoms with van der Waals surface area (Å²) in [5.41, 5.74) is 3.35. The molecule has 0 saturated heterocycles. The lowest BCUT2D eigenvalue weighted by Gasteiger charge is -2.31. The molecule has 2 N–H and O–H groups in total. The molecule has 25 heavy (non-hydrogen) atoms. The van der Waals surface area contributed by atoms with Gasteiger partial charge in [-0.1, -0.05) is 37.1 Å². The lowest BCUT2D eigenvalue weighted by atomic mass is 9.78. The van der Waals surface area contributed by atoms with Crippen LogP contribution in [0.2, 0.25) is 0 Å². The van der Waals surface area contributed by atoms with Crippen LogP contribution in [0.5, 0.6) is 0 Å². The number of aliphatic imine (C=N–C) groups is 1. The predicted octanol–water partition coefficient (Wildman–Crippen LogP) is 3.48. The fourth-order valence-corrected chi connectivity index (χ4v) is 4.28. The summed E-state index contributed by atoms with van der Waals surface area (Å²) in [6.45, 7) is 5.75. The number of rotatable bonds is 8. The van der Waals surface area contributed by atoms with Gasteiger partial charge in [0.05, 0.1) is 0 Å². The third kappa shape index (κ3) is 4.55. The van der Waals surface area contributed by atoms with Crippen molar-refractivity contribution in [1.29, 1.82) is 0 Å². The molecule has 0 amide bonds. The van der Waals surface area contributed by atoms with E-state index in [0.29, 0.717) is 11.3 Å². The molecule has 2 aliphatic rings. The first-order valence-corrected chi connectivity index (χ1v) is 9.85. The van der Waals surface area contributed by atoms with Crippen molar-refractivity contribution >= 4 is 5.96 Å². The SMILES string of the molecule is CCNC(=NCC1(CCOC)CCCC1)NCC1Cc2ccccc21. The van der Waals surface area contributed by atoms with Crippen LogP contribution in [0.4, 0.5) is 0 Å². The number of nitrogens with one attached hydrogen (secondary N) is 2. The number of hydrogen-bond acceptors (Lipinski definition) is 2. The van der Waals surface area contributed by atoms with Crippen LogP contribution < -0.4 is 10.6 Å². The van der Waals surface area contributed by atoms with Crippen molar-refractivity contribution in [3.63, 3.8) is 0 Å². The van der Waals surface area contributed by atoms with Crippen molar-refractivity contribution in [1.82, 2.24) is 10.6 Å². The summed E-state index contributed by atoms with van der Waals surface area (Å²) in [6.07, 6.45) is 7.55. The van der Waals surface area contributed by atoms with Gasteiger partial charge in [-0.05, 0) is 49.1 Å². The highest BCUT2D eigenvalue weighted by Gasteiger charge is 2.33. The van der Waals surface area contributed by atoms with E-state index in [-0.39, 0.29) is 0 Å². The molecule has 0 radical (unpaired) electrons. The molecule has 138 valence electrons. The highest BCUT2D eigenvalue weighted by molar-refractivity contribution is 5.79. The van der Waals surface area contributed by atoms with E-state index in [1.807, 2.05) is 0 Å². The average Bonchev–Trinajstić information content (AvgIpc) is 3.08. The van der Waals surface area contributed by atoms with E-state index >= 15 is 0 Å². The van der Waals surface area contributed by atoms with E-state index in [0.717, 1.165) is 38.6 Å². The molecule has 4 heteroatoms. The monoisotopic (exact) mass is 343 g/mol. The lowest BCUT2D eigenvalue weighted by molar-refractivity contribution is 0.141. The van der Waals surface area contributed by atoms with Gasteiger partial charge >= 0.3 is 0 Å². The highest BCUT2D eigenvalue weighted by Crippen LogP contribution is 2.41. The van der Waals surface area contributed by atoms with E-state index < -0.39 is 0 Å². The first-order chi connectivity index (χ1) is 12.3. The normalized spacial score (nSPS) is 21.5. The van der Waals surface area contributed by atoms with Gasteiger partial charge in [0.15, 0.2) is 5.96 Å². The molecule has 4 nitrogen and oxygen atoms in total. The van der Waals surface area contributed by atoms with Gasteiger partial charge in [0.2, 0.25) is 0 Å². The maximum Gasteiger partial charge on any atom is 0.191 e. The maximum atomic E-state index is 5.34. The molecule has 0 aromatic heterocycles. The average molecular weight is 344 g/mol. The van der Waals surface area contributed by atoms with Gasteiger partial charge < -0.3 is 15.4 Å². The Kier molecular flexibility index (Phi) is 6.35. The summed E-state index contributed by atoms with van der Waals surface area (Å²) in [5, 5.41) is 6.98. The zero-order valence-corrected chi connectivity index (χ0v) is 15.8. The Morgan fingerprint density at radius 1 is 1.24 bits per heavy atom. The van der Waals surface area contributed by atoms with Gasteiger partial charge in [-0.3, -0.25) is 4.99 Å². The Bertz CT molecular complexity index is 578. The van der Waals surface area contributed by atoms with Crippen LogP contribution in [-0.2, 0) is 11.2 Å². The number of benzene rings is 1. The minimum absolute atomic E-state index is 0.349. The molecule has 0 heterocycles. The van der Waals surface area contributed by atoms with Crippen molar-refractivity contribution < 1.29 is 4.74 Å². The van der Waals surface area contributed by atoms with E-state index in [2.05, 4.69) is 41.8 Å². The molecule has 1 unspecified atom stereocenters. The second-order valence-electron chi connectivity index (χ2n) is 7.63. The summed E-state index contributed by atoms with van der Waals surface area (Å²) in [4.78, 5) is 4.95. The fourth-order valence-electron chi connectivity index (χ4n) is 4.28. The second-order valence-corrected chi connectivity index (χ2v) is 7.63. The minimum atomic E-state index is 0.349. The molecular weight excluding hydrogens is 310 g/mol. The summed E-state index contributed by atoms with van der Waals surface area (Å²) in [5.74, 6) is 1.59. The molecule has 1 atom stereocenters. The summed E-state index contributed by atoms with van der Waals surface area (Å²) < 4.78 is 5.34. The zero-order valence-electron chi connectivity index (χ0n) is 15.8. The molecule has 1 aromatic rings. The first kappa shape index (κ1) is 18.2. The third-order valence-electron chi connectivity index (χ3n) is 5.89. The fraction of sp³-hybridized carbons (Fsp3) is 0.667. The van der Waals surface area contributed by atoms with Crippen LogP contribution in [0.15, 0.2) is 29.3 Å². The Balaban J connectivity index is 1.56. The highest BCUT2D eigenvalue weighted by atomic mass is 16.5. The van der Waals surface area contributed by atoms with Gasteiger partial charge in [-0.15, -0.1) is 0 Å². The number of nitrogens with zero attached hydrogens (tertiary/aromatic N) is 1. The Morgan fingerprint density at radius 2 is 2.04 bits per heavy atom. The van der Waals surface area contributed by atoms with Gasteiger partial charge in [-0.2, -0.15) is 0 Å². The van der Waals surface area contributed by atoms with Crippen LogP contribution in [0.3, 0.4) is 0 Å². The number of methoxy groups -OCH3 is 1. The minimum Gasteiger partial charge on any atom is -0.385 e. The Labute approximate surface area is 152 Å². The van der Waals surface area contributed by atoms with Crippen molar-refractivity contribution in [2.75, 3.05) is 33.4 Å². The smallest absolute Gasteiger partial charge is 0.191 e. The van der Waals surface area contributed by atoms with Crippen molar-refractivity contribution in [2.45, 2.75) is 51.4 Å². The Morgan fingerprint density at radius 3 is 2.76 bits per heavy atom. The molecule has 0 bridgehead atoms. The quantitative estimate of drug-likeness (QED) is 0.561. The first-order valence-electron chi connectivity index (χ1n) is 9.85. The lowest BCUT2D eigenvalue weighted by Crippen LogP contribution is -2.42. The molecule has 0 spiro atoms. The van der Waals surface area contributed by atoms with E-state index in [1.165, 1.54) is 43.2 Å². The van der Waals surface area contributed by atoms with Gasteiger partial charge in [-0.25, -0.2) is 0 Å². The van der Waals surface area contributed by atoms with Gasteiger partial charge in [0, 0.05) is 39.3 Å². The molecule has 1 saturated carbocycles. The zero-order chi connectivity index (χ0) is 17.5. The molecule has 3 rings (SSSR count). The van der Waals surface area contributed by atoms with Crippen LogP contribution in [0.25, 0.3) is 0 Å². The molecule has 2 aliphatic carbocycles. The Hall–Kier alpha value is -1.55. The topological polar surface area (TPSA) is 45.7 Å². The maximum absolute atomic E-state index is 5.34. The number of ether oxygens (including phenoxy) is 1. The molecule has 1 aromatic carbocycles. The van der Waals surface area contributed by atoms with Crippen LogP contribution >= 0.6 is 0 Å². The van der Waals surface area contributed by atoms with E-state index in [9.17, 15) is 0 Å². The standard InChI is InChI=1S/C21H33N3O/c1-3-22-20(23-15-18-14-17-8-4-5-9-19(17)18)24-16-21(12-13-25-2)10-6-7-11-21/h4-5,8-9,18H,3,6-7,10-16H2,1-2H3,(H2,22,23,24). The summed E-state index contributed by atoms with van der Waals surface area (Å²) >= 11 is 0. The van der Waals surface area contributed by atoms with E-state index in [4.69, 9.17) is 9.73 Å². The summed E-state index contributed by atoms with van der Waals surface area (Å²) in [6, 6.07) is 8.78. The summed E-state index contributed by atoms with van der Waals surface area (Å²) in [7, 11) is 1.80. The van der Waals surface area contributed by atoms with Gasteiger partial charge in [0.1, 0.15) is 0 Å². The molecule has 0 aliphatic heterocycles. The largest absolute Gasteiger partial charge is 0.385 e. The number of guanidine groups is 1. The van der Waals surface area contributed by atoms with Crippen LogP contribution in [-0.4, -0.2) is 39.3 Å². The predicted molar refractivity (Wildman–Crippen MR) is 104 cm³/mol. The second kappa shape index (κ2) is 8.70.